The monoisotopic (exact) mass is 373 g/mol. The van der Waals surface area contributed by atoms with E-state index in [2.05, 4.69) is 15.3 Å². The summed E-state index contributed by atoms with van der Waals surface area (Å²) in [6.45, 7) is 0. The van der Waals surface area contributed by atoms with Gasteiger partial charge in [0, 0.05) is 28.9 Å². The summed E-state index contributed by atoms with van der Waals surface area (Å²) in [7, 11) is 0. The number of benzene rings is 1. The van der Waals surface area contributed by atoms with Crippen molar-refractivity contribution in [1.82, 2.24) is 9.97 Å². The van der Waals surface area contributed by atoms with Crippen LogP contribution in [-0.4, -0.2) is 26.6 Å². The molecule has 3 aromatic rings. The maximum absolute atomic E-state index is 11.6. The molecule has 8 heteroatoms. The van der Waals surface area contributed by atoms with Crippen LogP contribution in [0.3, 0.4) is 0 Å². The van der Waals surface area contributed by atoms with Gasteiger partial charge in [-0.25, -0.2) is 0 Å². The van der Waals surface area contributed by atoms with Crippen LogP contribution in [0.5, 0.6) is 0 Å². The van der Waals surface area contributed by atoms with Gasteiger partial charge in [-0.3, -0.25) is 9.97 Å². The molecule has 4 rings (SSSR count). The first-order valence-corrected chi connectivity index (χ1v) is 8.01. The van der Waals surface area contributed by atoms with Crippen molar-refractivity contribution in [2.24, 2.45) is 0 Å². The van der Waals surface area contributed by atoms with Gasteiger partial charge < -0.3 is 20.4 Å². The molecular formula is C18H12N3NaO3S. The summed E-state index contributed by atoms with van der Waals surface area (Å²) in [5.74, 6) is -0.481. The van der Waals surface area contributed by atoms with Crippen molar-refractivity contribution in [2.45, 2.75) is 0 Å². The number of fused-ring (bicyclic) bond motifs is 1. The molecule has 0 aliphatic carbocycles. The van der Waals surface area contributed by atoms with Crippen LogP contribution in [0, 0.1) is 0 Å². The zero-order chi connectivity index (χ0) is 16.5. The number of hydrogen-bond acceptors (Lipinski definition) is 5. The number of carbonyl (C=O) groups is 2. The summed E-state index contributed by atoms with van der Waals surface area (Å²) >= 11 is 0.857. The first kappa shape index (κ1) is 20.3. The molecule has 124 valence electrons. The molecular weight excluding hydrogens is 361 g/mol. The molecule has 1 aromatic carbocycles. The number of nitrogens with zero attached hydrogens (tertiary/aromatic N) is 3. The fourth-order valence-electron chi connectivity index (χ4n) is 2.58. The largest absolute Gasteiger partial charge is 1.00 e. The van der Waals surface area contributed by atoms with Gasteiger partial charge in [-0.15, -0.1) is 0 Å². The Hall–Kier alpha value is -2.03. The third kappa shape index (κ3) is 4.03. The van der Waals surface area contributed by atoms with E-state index < -0.39 is 11.1 Å². The molecule has 0 unspecified atom stereocenters. The number of hydrogen-bond donors (Lipinski definition) is 0. The van der Waals surface area contributed by atoms with Crippen molar-refractivity contribution in [3.05, 3.63) is 70.8 Å². The van der Waals surface area contributed by atoms with Gasteiger partial charge in [-0.05, 0) is 53.1 Å². The van der Waals surface area contributed by atoms with Crippen LogP contribution in [0.25, 0.3) is 33.4 Å². The summed E-state index contributed by atoms with van der Waals surface area (Å²) in [4.78, 5) is 31.6. The van der Waals surface area contributed by atoms with Gasteiger partial charge >= 0.3 is 29.6 Å². The number of pyridine rings is 2. The smallest absolute Gasteiger partial charge is 0.581 e. The maximum atomic E-state index is 11.6. The molecule has 2 amide bonds. The van der Waals surface area contributed by atoms with E-state index in [4.69, 9.17) is 0 Å². The van der Waals surface area contributed by atoms with Gasteiger partial charge in [-0.1, -0.05) is 17.8 Å². The van der Waals surface area contributed by atoms with E-state index in [1.807, 2.05) is 36.4 Å². The van der Waals surface area contributed by atoms with E-state index in [9.17, 15) is 9.59 Å². The molecule has 2 N–H and O–H groups in total. The maximum Gasteiger partial charge on any atom is 1.00 e. The molecule has 1 saturated heterocycles. The second kappa shape index (κ2) is 8.57. The van der Waals surface area contributed by atoms with Crippen molar-refractivity contribution < 1.29 is 44.6 Å². The zero-order valence-electron chi connectivity index (χ0n) is 13.8. The second-order valence-corrected chi connectivity index (χ2v) is 6.16. The predicted molar refractivity (Wildman–Crippen MR) is 97.9 cm³/mol. The van der Waals surface area contributed by atoms with Crippen LogP contribution in [0.4, 0.5) is 4.79 Å². The Labute approximate surface area is 175 Å². The minimum atomic E-state index is -0.481. The molecule has 6 nitrogen and oxygen atoms in total. The summed E-state index contributed by atoms with van der Waals surface area (Å²) < 4.78 is 0. The average Bonchev–Trinajstić information content (AvgIpc) is 2.92. The predicted octanol–water partition coefficient (Wildman–Crippen LogP) is 0.584. The van der Waals surface area contributed by atoms with Crippen LogP contribution in [0.15, 0.2) is 59.9 Å². The van der Waals surface area contributed by atoms with E-state index in [1.165, 1.54) is 0 Å². The van der Waals surface area contributed by atoms with Crippen molar-refractivity contribution in [1.29, 1.82) is 0 Å². The Balaban J connectivity index is 0.00000121. The fraction of sp³-hybridized carbons (Fsp3) is 0. The van der Waals surface area contributed by atoms with Crippen LogP contribution in [-0.2, 0) is 4.79 Å². The van der Waals surface area contributed by atoms with Gasteiger partial charge in [0.1, 0.15) is 5.24 Å². The average molecular weight is 373 g/mol. The third-order valence-electron chi connectivity index (χ3n) is 3.66. The summed E-state index contributed by atoms with van der Waals surface area (Å²) in [5.41, 5.74) is 3.76. The minimum absolute atomic E-state index is 0. The minimum Gasteiger partial charge on any atom is -0.581 e. The van der Waals surface area contributed by atoms with Crippen LogP contribution in [0.2, 0.25) is 0 Å². The van der Waals surface area contributed by atoms with Crippen LogP contribution in [0.1, 0.15) is 5.56 Å². The topological polar surface area (TPSA) is 106 Å². The number of imide groups is 1. The van der Waals surface area contributed by atoms with E-state index >= 15 is 0 Å². The van der Waals surface area contributed by atoms with Crippen LogP contribution < -0.4 is 29.6 Å². The van der Waals surface area contributed by atoms with Gasteiger partial charge in [0.2, 0.25) is 0 Å². The standard InChI is InChI=1S/C18H11N3O2S.Na.H2O/c22-17-16(24-18(23)21-17)10-11-1-2-15-14(9-11)13(5-8-20-15)12-3-6-19-7-4-12;;/h1-10H,(H,21,22,23);;1H2/q;+1;/p-1/b16-10-;;. The van der Waals surface area contributed by atoms with Crippen molar-refractivity contribution in [3.8, 4) is 11.1 Å². The molecule has 0 radical (unpaired) electrons. The van der Waals surface area contributed by atoms with Crippen molar-refractivity contribution in [2.75, 3.05) is 0 Å². The van der Waals surface area contributed by atoms with E-state index in [-0.39, 0.29) is 35.0 Å². The normalized spacial score (nSPS) is 14.7. The molecule has 1 aliphatic rings. The Kier molecular flexibility index (Phi) is 6.69. The number of rotatable bonds is 2. The Morgan fingerprint density at radius 3 is 2.46 bits per heavy atom. The van der Waals surface area contributed by atoms with E-state index in [0.29, 0.717) is 4.91 Å². The molecule has 3 heterocycles. The Morgan fingerprint density at radius 1 is 1.00 bits per heavy atom. The van der Waals surface area contributed by atoms with Gasteiger partial charge in [0.25, 0.3) is 0 Å². The first-order chi connectivity index (χ1) is 11.7. The number of thioether (sulfide) groups is 1. The third-order valence-corrected chi connectivity index (χ3v) is 4.43. The number of carbonyl (C=O) groups excluding carboxylic acids is 2. The summed E-state index contributed by atoms with van der Waals surface area (Å²) in [5, 5.41) is 3.89. The number of aromatic nitrogens is 2. The molecule has 1 aliphatic heterocycles. The summed E-state index contributed by atoms with van der Waals surface area (Å²) in [6.07, 6.45) is 6.94. The Morgan fingerprint density at radius 2 is 1.77 bits per heavy atom. The molecule has 1 fully saturated rings. The van der Waals surface area contributed by atoms with Gasteiger partial charge in [0.05, 0.1) is 11.4 Å². The van der Waals surface area contributed by atoms with Gasteiger partial charge in [-0.2, -0.15) is 0 Å². The molecule has 2 aromatic heterocycles. The molecule has 0 atom stereocenters. The van der Waals surface area contributed by atoms with E-state index in [0.717, 1.165) is 39.4 Å². The zero-order valence-corrected chi connectivity index (χ0v) is 16.7. The number of amides is 2. The summed E-state index contributed by atoms with van der Waals surface area (Å²) in [6, 6.07) is 11.6. The first-order valence-electron chi connectivity index (χ1n) is 7.19. The molecule has 0 spiro atoms. The van der Waals surface area contributed by atoms with E-state index in [1.54, 1.807) is 24.7 Å². The van der Waals surface area contributed by atoms with Crippen molar-refractivity contribution >= 4 is 39.9 Å². The van der Waals surface area contributed by atoms with Crippen LogP contribution >= 0.6 is 11.8 Å². The Bertz CT molecular complexity index is 1010. The van der Waals surface area contributed by atoms with Crippen molar-refractivity contribution in [3.63, 3.8) is 0 Å². The quantitative estimate of drug-likeness (QED) is 0.483. The molecule has 0 bridgehead atoms. The second-order valence-electron chi connectivity index (χ2n) is 5.16. The SMILES string of the molecule is O.O=C1[N-]C(=O)/C(=C/c2ccc3nccc(-c4ccncc4)c3c2)S1.[Na+]. The molecule has 0 saturated carbocycles. The fourth-order valence-corrected chi connectivity index (χ4v) is 3.22. The molecule has 26 heavy (non-hydrogen) atoms. The van der Waals surface area contributed by atoms with Gasteiger partial charge in [0.15, 0.2) is 0 Å².